The van der Waals surface area contributed by atoms with Gasteiger partial charge in [0.1, 0.15) is 0 Å². The molecule has 1 unspecified atom stereocenters. The number of carbonyl (C=O) groups is 1. The molecule has 3 nitrogen and oxygen atoms in total. The lowest BCUT2D eigenvalue weighted by molar-refractivity contribution is -0.117. The molecule has 1 amide bonds. The van der Waals surface area contributed by atoms with Gasteiger partial charge in [0.05, 0.1) is 6.04 Å². The maximum Gasteiger partial charge on any atom is 0.244 e. The number of pyridine rings is 1. The molecule has 2 rings (SSSR count). The average Bonchev–Trinajstić information content (AvgIpc) is 2.47. The fraction of sp³-hybridized carbons (Fsp3) is 0.176. The number of hydrogen-bond acceptors (Lipinski definition) is 2. The van der Waals surface area contributed by atoms with E-state index >= 15 is 0 Å². The first-order valence-corrected chi connectivity index (χ1v) is 6.60. The number of amides is 1. The summed E-state index contributed by atoms with van der Waals surface area (Å²) in [6, 6.07) is 11.9. The summed E-state index contributed by atoms with van der Waals surface area (Å²) >= 11 is 0. The second-order valence-electron chi connectivity index (χ2n) is 4.76. The molecule has 0 radical (unpaired) electrons. The molecule has 0 fully saturated rings. The minimum atomic E-state index is -0.109. The molecule has 0 aliphatic rings. The quantitative estimate of drug-likeness (QED) is 0.863. The molecular weight excluding hydrogens is 248 g/mol. The first-order chi connectivity index (χ1) is 9.65. The maximum absolute atomic E-state index is 11.8. The third-order valence-corrected chi connectivity index (χ3v) is 3.05. The summed E-state index contributed by atoms with van der Waals surface area (Å²) in [4.78, 5) is 15.8. The summed E-state index contributed by atoms with van der Waals surface area (Å²) in [7, 11) is 0. The molecule has 0 bridgehead atoms. The Labute approximate surface area is 119 Å². The minimum Gasteiger partial charge on any atom is -0.346 e. The number of aromatic nitrogens is 1. The van der Waals surface area contributed by atoms with Crippen molar-refractivity contribution in [3.05, 3.63) is 71.6 Å². The van der Waals surface area contributed by atoms with Crippen LogP contribution in [0.4, 0.5) is 0 Å². The van der Waals surface area contributed by atoms with Crippen LogP contribution in [0.2, 0.25) is 0 Å². The van der Waals surface area contributed by atoms with Crippen LogP contribution in [0.5, 0.6) is 0 Å². The molecule has 1 aromatic carbocycles. The second-order valence-corrected chi connectivity index (χ2v) is 4.76. The van der Waals surface area contributed by atoms with Crippen molar-refractivity contribution in [2.24, 2.45) is 0 Å². The van der Waals surface area contributed by atoms with Crippen LogP contribution in [-0.4, -0.2) is 10.9 Å². The van der Waals surface area contributed by atoms with Crippen LogP contribution >= 0.6 is 0 Å². The SMILES string of the molecule is Cc1ccc(C(C)NC(=O)/C=C/c2cccnc2)cc1. The van der Waals surface area contributed by atoms with E-state index in [0.29, 0.717) is 0 Å². The number of carbonyl (C=O) groups excluding carboxylic acids is 1. The van der Waals surface area contributed by atoms with Crippen molar-refractivity contribution in [1.29, 1.82) is 0 Å². The molecule has 0 saturated carbocycles. The first-order valence-electron chi connectivity index (χ1n) is 6.60. The Morgan fingerprint density at radius 1 is 1.25 bits per heavy atom. The monoisotopic (exact) mass is 266 g/mol. The van der Waals surface area contributed by atoms with Gasteiger partial charge in [0.15, 0.2) is 0 Å². The molecule has 20 heavy (non-hydrogen) atoms. The number of nitrogens with one attached hydrogen (secondary N) is 1. The van der Waals surface area contributed by atoms with Crippen molar-refractivity contribution in [2.45, 2.75) is 19.9 Å². The Kier molecular flexibility index (Phi) is 4.66. The van der Waals surface area contributed by atoms with Gasteiger partial charge in [-0.15, -0.1) is 0 Å². The average molecular weight is 266 g/mol. The van der Waals surface area contributed by atoms with Gasteiger partial charge in [0, 0.05) is 18.5 Å². The molecular formula is C17H18N2O. The molecule has 2 aromatic rings. The molecule has 1 N–H and O–H groups in total. The number of benzene rings is 1. The normalized spacial score (nSPS) is 12.3. The highest BCUT2D eigenvalue weighted by molar-refractivity contribution is 5.91. The number of rotatable bonds is 4. The van der Waals surface area contributed by atoms with Gasteiger partial charge in [0.25, 0.3) is 0 Å². The Morgan fingerprint density at radius 2 is 2.00 bits per heavy atom. The highest BCUT2D eigenvalue weighted by Crippen LogP contribution is 2.13. The Bertz CT molecular complexity index is 588. The van der Waals surface area contributed by atoms with Crippen molar-refractivity contribution in [2.75, 3.05) is 0 Å². The summed E-state index contributed by atoms with van der Waals surface area (Å²) in [6.45, 7) is 4.02. The molecule has 0 saturated heterocycles. The highest BCUT2D eigenvalue weighted by Gasteiger charge is 2.06. The fourth-order valence-corrected chi connectivity index (χ4v) is 1.85. The van der Waals surface area contributed by atoms with Crippen molar-refractivity contribution in [3.63, 3.8) is 0 Å². The topological polar surface area (TPSA) is 42.0 Å². The fourth-order valence-electron chi connectivity index (χ4n) is 1.85. The van der Waals surface area contributed by atoms with Crippen molar-refractivity contribution < 1.29 is 4.79 Å². The van der Waals surface area contributed by atoms with Gasteiger partial charge >= 0.3 is 0 Å². The molecule has 0 spiro atoms. The summed E-state index contributed by atoms with van der Waals surface area (Å²) in [6.07, 6.45) is 6.70. The molecule has 1 atom stereocenters. The lowest BCUT2D eigenvalue weighted by Crippen LogP contribution is -2.24. The third-order valence-electron chi connectivity index (χ3n) is 3.05. The van der Waals surface area contributed by atoms with Crippen molar-refractivity contribution in [3.8, 4) is 0 Å². The van der Waals surface area contributed by atoms with Gasteiger partial charge in [-0.05, 0) is 37.1 Å². The predicted octanol–water partition coefficient (Wildman–Crippen LogP) is 3.28. The van der Waals surface area contributed by atoms with Crippen LogP contribution in [0.25, 0.3) is 6.08 Å². The zero-order valence-electron chi connectivity index (χ0n) is 11.7. The van der Waals surface area contributed by atoms with E-state index in [1.54, 1.807) is 18.5 Å². The second kappa shape index (κ2) is 6.66. The van der Waals surface area contributed by atoms with Crippen molar-refractivity contribution >= 4 is 12.0 Å². The van der Waals surface area contributed by atoms with E-state index in [2.05, 4.69) is 10.3 Å². The summed E-state index contributed by atoms with van der Waals surface area (Å²) in [5, 5.41) is 2.94. The van der Waals surface area contributed by atoms with Crippen LogP contribution in [0, 0.1) is 6.92 Å². The lowest BCUT2D eigenvalue weighted by atomic mass is 10.1. The number of aryl methyl sites for hydroxylation is 1. The van der Waals surface area contributed by atoms with Crippen molar-refractivity contribution in [1.82, 2.24) is 10.3 Å². The summed E-state index contributed by atoms with van der Waals surface area (Å²) in [5.74, 6) is -0.109. The van der Waals surface area contributed by atoms with Gasteiger partial charge in [-0.3, -0.25) is 9.78 Å². The number of hydrogen-bond donors (Lipinski definition) is 1. The van der Waals surface area contributed by atoms with Crippen LogP contribution in [0.3, 0.4) is 0 Å². The zero-order valence-corrected chi connectivity index (χ0v) is 11.7. The zero-order chi connectivity index (χ0) is 14.4. The van der Waals surface area contributed by atoms with E-state index in [9.17, 15) is 4.79 Å². The van der Waals surface area contributed by atoms with E-state index in [1.807, 2.05) is 50.2 Å². The molecule has 1 aromatic heterocycles. The van der Waals surface area contributed by atoms with Crippen LogP contribution < -0.4 is 5.32 Å². The lowest BCUT2D eigenvalue weighted by Gasteiger charge is -2.13. The molecule has 3 heteroatoms. The van der Waals surface area contributed by atoms with Crippen LogP contribution in [0.15, 0.2) is 54.9 Å². The van der Waals surface area contributed by atoms with Gasteiger partial charge in [-0.1, -0.05) is 35.9 Å². The molecule has 0 aliphatic heterocycles. The third kappa shape index (κ3) is 4.05. The van der Waals surface area contributed by atoms with E-state index < -0.39 is 0 Å². The van der Waals surface area contributed by atoms with Gasteiger partial charge in [0.2, 0.25) is 5.91 Å². The van der Waals surface area contributed by atoms with Crippen LogP contribution in [-0.2, 0) is 4.79 Å². The Morgan fingerprint density at radius 3 is 2.65 bits per heavy atom. The standard InChI is InChI=1S/C17H18N2O/c1-13-5-8-16(9-6-13)14(2)19-17(20)10-7-15-4-3-11-18-12-15/h3-12,14H,1-2H3,(H,19,20)/b10-7+. The predicted molar refractivity (Wildman–Crippen MR) is 81.0 cm³/mol. The maximum atomic E-state index is 11.8. The van der Waals surface area contributed by atoms with E-state index in [0.717, 1.165) is 11.1 Å². The molecule has 0 aliphatic carbocycles. The number of nitrogens with zero attached hydrogens (tertiary/aromatic N) is 1. The van der Waals surface area contributed by atoms with Gasteiger partial charge in [-0.2, -0.15) is 0 Å². The van der Waals surface area contributed by atoms with Gasteiger partial charge < -0.3 is 5.32 Å². The smallest absolute Gasteiger partial charge is 0.244 e. The Hall–Kier alpha value is -2.42. The van der Waals surface area contributed by atoms with Crippen LogP contribution in [0.1, 0.15) is 29.7 Å². The van der Waals surface area contributed by atoms with E-state index in [-0.39, 0.29) is 11.9 Å². The largest absolute Gasteiger partial charge is 0.346 e. The first kappa shape index (κ1) is 14.0. The molecule has 102 valence electrons. The van der Waals surface area contributed by atoms with E-state index in [4.69, 9.17) is 0 Å². The van der Waals surface area contributed by atoms with E-state index in [1.165, 1.54) is 11.6 Å². The summed E-state index contributed by atoms with van der Waals surface area (Å²) in [5.41, 5.74) is 3.22. The Balaban J connectivity index is 1.94. The molecule has 1 heterocycles. The summed E-state index contributed by atoms with van der Waals surface area (Å²) < 4.78 is 0. The minimum absolute atomic E-state index is 0.0124. The van der Waals surface area contributed by atoms with Gasteiger partial charge in [-0.25, -0.2) is 0 Å². The highest BCUT2D eigenvalue weighted by atomic mass is 16.1.